The first-order chi connectivity index (χ1) is 15.3. The molecule has 1 amide bonds. The van der Waals surface area contributed by atoms with Crippen molar-refractivity contribution >= 4 is 77.2 Å². The first kappa shape index (κ1) is 22.4. The maximum Gasteiger partial charge on any atom is 0.253 e. The molecule has 12 heteroatoms. The van der Waals surface area contributed by atoms with E-state index in [9.17, 15) is 13.2 Å². The summed E-state index contributed by atoms with van der Waals surface area (Å²) in [4.78, 5) is 21.9. The van der Waals surface area contributed by atoms with E-state index in [1.165, 1.54) is 10.4 Å². The summed E-state index contributed by atoms with van der Waals surface area (Å²) in [6, 6.07) is 8.07. The monoisotopic (exact) mass is 530 g/mol. The zero-order valence-corrected chi connectivity index (χ0v) is 20.9. The molecular formula is C20H20Cl2N4O3S3. The predicted octanol–water partition coefficient (Wildman–Crippen LogP) is 4.17. The lowest BCUT2D eigenvalue weighted by molar-refractivity contribution is -0.134. The van der Waals surface area contributed by atoms with E-state index in [1.807, 2.05) is 18.2 Å². The van der Waals surface area contributed by atoms with Gasteiger partial charge in [-0.3, -0.25) is 4.79 Å². The number of halogens is 2. The number of aromatic nitrogens is 1. The van der Waals surface area contributed by atoms with Crippen molar-refractivity contribution in [2.75, 3.05) is 37.6 Å². The largest absolute Gasteiger partial charge is 0.345 e. The van der Waals surface area contributed by atoms with Crippen molar-refractivity contribution in [3.8, 4) is 0 Å². The summed E-state index contributed by atoms with van der Waals surface area (Å²) >= 11 is 14.6. The molecule has 2 fully saturated rings. The lowest BCUT2D eigenvalue weighted by Crippen LogP contribution is -2.54. The Morgan fingerprint density at radius 2 is 1.81 bits per heavy atom. The van der Waals surface area contributed by atoms with Crippen LogP contribution < -0.4 is 4.90 Å². The zero-order valence-electron chi connectivity index (χ0n) is 16.9. The van der Waals surface area contributed by atoms with E-state index in [0.29, 0.717) is 54.9 Å². The van der Waals surface area contributed by atoms with Gasteiger partial charge in [-0.25, -0.2) is 13.4 Å². The van der Waals surface area contributed by atoms with Gasteiger partial charge in [0.25, 0.3) is 10.0 Å². The molecule has 2 aliphatic rings. The molecule has 1 unspecified atom stereocenters. The van der Waals surface area contributed by atoms with Crippen molar-refractivity contribution in [2.24, 2.45) is 0 Å². The zero-order chi connectivity index (χ0) is 22.5. The molecule has 1 atom stereocenters. The van der Waals surface area contributed by atoms with E-state index in [4.69, 9.17) is 23.2 Å². The molecule has 0 N–H and O–H groups in total. The summed E-state index contributed by atoms with van der Waals surface area (Å²) in [6.45, 7) is 2.72. The molecule has 2 saturated heterocycles. The Balaban J connectivity index is 1.27. The Labute approximate surface area is 204 Å². The standard InChI is InChI=1S/C20H20Cl2N4O3S3/c21-13-3-4-14-16(12-13)30-20(23-14)25-10-8-24(9-11-25)19(27)15-2-1-7-26(15)32(28,29)18-6-5-17(22)31-18/h3-6,12,15H,1-2,7-11H2. The van der Waals surface area contributed by atoms with Crippen LogP contribution in [0.3, 0.4) is 0 Å². The number of amides is 1. The van der Waals surface area contributed by atoms with Gasteiger partial charge in [0.05, 0.1) is 14.6 Å². The topological polar surface area (TPSA) is 73.8 Å². The van der Waals surface area contributed by atoms with Gasteiger partial charge in [0.15, 0.2) is 5.13 Å². The van der Waals surface area contributed by atoms with Crippen LogP contribution in [0.1, 0.15) is 12.8 Å². The second kappa shape index (κ2) is 8.73. The summed E-state index contributed by atoms with van der Waals surface area (Å²) in [5.41, 5.74) is 0.911. The summed E-state index contributed by atoms with van der Waals surface area (Å²) in [6.07, 6.45) is 1.21. The summed E-state index contributed by atoms with van der Waals surface area (Å²) in [7, 11) is -3.73. The molecular weight excluding hydrogens is 511 g/mol. The van der Waals surface area contributed by atoms with E-state index in [2.05, 4.69) is 9.88 Å². The Hall–Kier alpha value is -1.43. The second-order valence-electron chi connectivity index (χ2n) is 7.75. The van der Waals surface area contributed by atoms with Crippen LogP contribution in [0.2, 0.25) is 9.36 Å². The average Bonchev–Trinajstić information content (AvgIpc) is 3.52. The van der Waals surface area contributed by atoms with Gasteiger partial charge in [-0.05, 0) is 43.2 Å². The van der Waals surface area contributed by atoms with E-state index in [-0.39, 0.29) is 10.1 Å². The van der Waals surface area contributed by atoms with E-state index < -0.39 is 16.1 Å². The minimum absolute atomic E-state index is 0.121. The third kappa shape index (κ3) is 4.12. The van der Waals surface area contributed by atoms with Crippen molar-refractivity contribution in [2.45, 2.75) is 23.1 Å². The van der Waals surface area contributed by atoms with Gasteiger partial charge in [-0.2, -0.15) is 4.31 Å². The molecule has 0 bridgehead atoms. The fourth-order valence-electron chi connectivity index (χ4n) is 4.18. The minimum atomic E-state index is -3.73. The summed E-state index contributed by atoms with van der Waals surface area (Å²) in [5.74, 6) is -0.121. The van der Waals surface area contributed by atoms with Gasteiger partial charge in [0.2, 0.25) is 5.91 Å². The molecule has 0 aliphatic carbocycles. The number of thiophene rings is 1. The van der Waals surface area contributed by atoms with Crippen LogP contribution in [0.4, 0.5) is 5.13 Å². The lowest BCUT2D eigenvalue weighted by atomic mass is 10.2. The van der Waals surface area contributed by atoms with Crippen molar-refractivity contribution in [3.63, 3.8) is 0 Å². The smallest absolute Gasteiger partial charge is 0.253 e. The number of thiazole rings is 1. The second-order valence-corrected chi connectivity index (χ2v) is 13.0. The van der Waals surface area contributed by atoms with Gasteiger partial charge in [0, 0.05) is 37.7 Å². The van der Waals surface area contributed by atoms with Gasteiger partial charge in [0.1, 0.15) is 10.3 Å². The maximum atomic E-state index is 13.3. The number of sulfonamides is 1. The Morgan fingerprint density at radius 1 is 1.03 bits per heavy atom. The molecule has 7 nitrogen and oxygen atoms in total. The number of carbonyl (C=O) groups is 1. The van der Waals surface area contributed by atoms with Crippen molar-refractivity contribution < 1.29 is 13.2 Å². The average molecular weight is 532 g/mol. The van der Waals surface area contributed by atoms with Gasteiger partial charge < -0.3 is 9.80 Å². The first-order valence-electron chi connectivity index (χ1n) is 10.2. The summed E-state index contributed by atoms with van der Waals surface area (Å²) in [5, 5.41) is 1.60. The molecule has 1 aromatic carbocycles. The number of carbonyl (C=O) groups excluding carboxylic acids is 1. The van der Waals surface area contributed by atoms with Crippen LogP contribution in [0.25, 0.3) is 10.2 Å². The van der Waals surface area contributed by atoms with Crippen LogP contribution in [0.15, 0.2) is 34.5 Å². The number of hydrogen-bond donors (Lipinski definition) is 0. The Morgan fingerprint density at radius 3 is 2.53 bits per heavy atom. The molecule has 5 rings (SSSR count). The molecule has 0 spiro atoms. The van der Waals surface area contributed by atoms with Crippen LogP contribution in [0.5, 0.6) is 0 Å². The van der Waals surface area contributed by atoms with Crippen LogP contribution in [-0.4, -0.2) is 67.3 Å². The van der Waals surface area contributed by atoms with Gasteiger partial charge in [-0.15, -0.1) is 11.3 Å². The van der Waals surface area contributed by atoms with Crippen LogP contribution in [0, 0.1) is 0 Å². The highest BCUT2D eigenvalue weighted by atomic mass is 35.5. The van der Waals surface area contributed by atoms with Gasteiger partial charge >= 0.3 is 0 Å². The number of benzene rings is 1. The van der Waals surface area contributed by atoms with Crippen LogP contribution in [-0.2, 0) is 14.8 Å². The molecule has 170 valence electrons. The molecule has 2 aliphatic heterocycles. The highest BCUT2D eigenvalue weighted by molar-refractivity contribution is 7.91. The first-order valence-corrected chi connectivity index (χ1v) is 14.0. The number of rotatable bonds is 4. The van der Waals surface area contributed by atoms with Crippen molar-refractivity contribution in [3.05, 3.63) is 39.7 Å². The van der Waals surface area contributed by atoms with E-state index >= 15 is 0 Å². The predicted molar refractivity (Wildman–Crippen MR) is 130 cm³/mol. The quantitative estimate of drug-likeness (QED) is 0.506. The van der Waals surface area contributed by atoms with E-state index in [0.717, 1.165) is 26.7 Å². The van der Waals surface area contributed by atoms with Crippen molar-refractivity contribution in [1.29, 1.82) is 0 Å². The van der Waals surface area contributed by atoms with Crippen LogP contribution >= 0.6 is 45.9 Å². The molecule has 2 aromatic heterocycles. The Bertz CT molecular complexity index is 1270. The number of anilines is 1. The summed E-state index contributed by atoms with van der Waals surface area (Å²) < 4.78 is 29.1. The molecule has 3 aromatic rings. The highest BCUT2D eigenvalue weighted by Gasteiger charge is 2.42. The van der Waals surface area contributed by atoms with E-state index in [1.54, 1.807) is 22.3 Å². The fraction of sp³-hybridized carbons (Fsp3) is 0.400. The number of nitrogens with zero attached hydrogens (tertiary/aromatic N) is 4. The van der Waals surface area contributed by atoms with Crippen molar-refractivity contribution in [1.82, 2.24) is 14.2 Å². The fourth-order valence-corrected chi connectivity index (χ4v) is 8.73. The Kier molecular flexibility index (Phi) is 6.10. The SMILES string of the molecule is O=C(C1CCCN1S(=O)(=O)c1ccc(Cl)s1)N1CCN(c2nc3ccc(Cl)cc3s2)CC1. The van der Waals surface area contributed by atoms with Gasteiger partial charge in [-0.1, -0.05) is 34.5 Å². The number of piperazine rings is 1. The molecule has 0 radical (unpaired) electrons. The normalized spacial score (nSPS) is 20.4. The minimum Gasteiger partial charge on any atom is -0.345 e. The lowest BCUT2D eigenvalue weighted by Gasteiger charge is -2.37. The third-order valence-electron chi connectivity index (χ3n) is 5.80. The number of fused-ring (bicyclic) bond motifs is 1. The molecule has 32 heavy (non-hydrogen) atoms. The third-order valence-corrected chi connectivity index (χ3v) is 10.7. The molecule has 0 saturated carbocycles. The molecule has 4 heterocycles. The maximum absolute atomic E-state index is 13.3. The number of hydrogen-bond acceptors (Lipinski definition) is 7. The highest BCUT2D eigenvalue weighted by Crippen LogP contribution is 2.34.